The zero-order valence-corrected chi connectivity index (χ0v) is 14.1. The predicted molar refractivity (Wildman–Crippen MR) is 89.7 cm³/mol. The Labute approximate surface area is 154 Å². The molecule has 0 aromatic heterocycles. The van der Waals surface area contributed by atoms with Crippen molar-refractivity contribution in [3.05, 3.63) is 64.3 Å². The van der Waals surface area contributed by atoms with Gasteiger partial charge in [0.05, 0.1) is 0 Å². The summed E-state index contributed by atoms with van der Waals surface area (Å²) in [5.41, 5.74) is 5.31. The molecule has 1 aromatic rings. The topological polar surface area (TPSA) is 62.6 Å². The van der Waals surface area contributed by atoms with Gasteiger partial charge in [0.1, 0.15) is 42.7 Å². The zero-order valence-electron chi connectivity index (χ0n) is 14.1. The van der Waals surface area contributed by atoms with E-state index in [1.165, 1.54) is 27.8 Å². The molecule has 0 bridgehead atoms. The SMILES string of the molecule is C1=C2C=C3C=C4C5OC5C5OC5C45OC5C34OC4C23OC3c2ccccc21. The first-order valence-corrected chi connectivity index (χ1v) is 9.88. The summed E-state index contributed by atoms with van der Waals surface area (Å²) in [7, 11) is 0. The van der Waals surface area contributed by atoms with Crippen molar-refractivity contribution in [3.8, 4) is 0 Å². The van der Waals surface area contributed by atoms with Gasteiger partial charge in [0.25, 0.3) is 0 Å². The molecule has 5 heterocycles. The Morgan fingerprint density at radius 1 is 0.741 bits per heavy atom. The highest BCUT2D eigenvalue weighted by molar-refractivity contribution is 5.76. The summed E-state index contributed by atoms with van der Waals surface area (Å²) in [5, 5.41) is 0. The van der Waals surface area contributed by atoms with Crippen LogP contribution in [-0.2, 0) is 23.7 Å². The van der Waals surface area contributed by atoms with Crippen LogP contribution in [0.25, 0.3) is 6.08 Å². The van der Waals surface area contributed by atoms with Gasteiger partial charge in [-0.15, -0.1) is 0 Å². The van der Waals surface area contributed by atoms with Crippen LogP contribution >= 0.6 is 0 Å². The van der Waals surface area contributed by atoms with Crippen LogP contribution in [0.15, 0.2) is 53.1 Å². The summed E-state index contributed by atoms with van der Waals surface area (Å²) in [4.78, 5) is 0. The van der Waals surface area contributed by atoms with E-state index in [1.54, 1.807) is 0 Å². The van der Waals surface area contributed by atoms with Crippen molar-refractivity contribution in [2.75, 3.05) is 0 Å². The maximum atomic E-state index is 6.51. The van der Waals surface area contributed by atoms with Gasteiger partial charge in [-0.3, -0.25) is 0 Å². The number of ether oxygens (including phenoxy) is 5. The van der Waals surface area contributed by atoms with Crippen molar-refractivity contribution in [2.45, 2.75) is 59.5 Å². The van der Waals surface area contributed by atoms with Crippen LogP contribution in [0.2, 0.25) is 0 Å². The predicted octanol–water partition coefficient (Wildman–Crippen LogP) is 1.60. The highest BCUT2D eigenvalue weighted by Crippen LogP contribution is 2.79. The first kappa shape index (κ1) is 12.6. The van der Waals surface area contributed by atoms with Gasteiger partial charge >= 0.3 is 0 Å². The molecule has 3 spiro atoms. The Morgan fingerprint density at radius 2 is 1.59 bits per heavy atom. The third kappa shape index (κ3) is 1.02. The molecule has 5 heteroatoms. The van der Waals surface area contributed by atoms with Gasteiger partial charge < -0.3 is 23.7 Å². The quantitative estimate of drug-likeness (QED) is 0.659. The zero-order chi connectivity index (χ0) is 16.9. The van der Waals surface area contributed by atoms with Gasteiger partial charge in [-0.1, -0.05) is 30.3 Å². The average Bonchev–Trinajstić information content (AvgIpc) is 3.54. The second-order valence-corrected chi connectivity index (χ2v) is 9.34. The summed E-state index contributed by atoms with van der Waals surface area (Å²) in [6, 6.07) is 8.53. The maximum Gasteiger partial charge on any atom is 0.154 e. The van der Waals surface area contributed by atoms with E-state index in [2.05, 4.69) is 42.5 Å². The van der Waals surface area contributed by atoms with Crippen molar-refractivity contribution in [1.29, 1.82) is 0 Å². The van der Waals surface area contributed by atoms with E-state index in [1.807, 2.05) is 0 Å². The summed E-state index contributed by atoms with van der Waals surface area (Å²) in [5.74, 6) is 0. The van der Waals surface area contributed by atoms with Crippen LogP contribution in [0, 0.1) is 0 Å². The fourth-order valence-electron chi connectivity index (χ4n) is 7.01. The van der Waals surface area contributed by atoms with Crippen molar-refractivity contribution >= 4 is 6.08 Å². The molecule has 10 rings (SSSR count). The minimum Gasteiger partial charge on any atom is -0.363 e. The number of benzene rings is 1. The molecule has 6 fully saturated rings. The molecule has 9 aliphatic rings. The molecule has 0 radical (unpaired) electrons. The largest absolute Gasteiger partial charge is 0.363 e. The first-order valence-electron chi connectivity index (χ1n) is 9.88. The highest BCUT2D eigenvalue weighted by atomic mass is 16.7. The third-order valence-corrected chi connectivity index (χ3v) is 8.38. The van der Waals surface area contributed by atoms with Crippen LogP contribution in [-0.4, -0.2) is 53.4 Å². The van der Waals surface area contributed by atoms with Crippen molar-refractivity contribution < 1.29 is 23.7 Å². The lowest BCUT2D eigenvalue weighted by molar-refractivity contribution is 0.232. The number of fused-ring (bicyclic) bond motifs is 6. The van der Waals surface area contributed by atoms with Crippen molar-refractivity contribution in [2.24, 2.45) is 0 Å². The van der Waals surface area contributed by atoms with E-state index in [-0.39, 0.29) is 59.5 Å². The lowest BCUT2D eigenvalue weighted by atomic mass is 9.64. The Hall–Kier alpha value is -1.76. The Bertz CT molecular complexity index is 1150. The standard InChI is InChI=1S/C22H14O5/c1-2-4-11-8(3-1)5-9-6-10-7-12-13-14(23-13)15-17(24-15)22(12)19(27-22)21(10)18(26-21)20(9)16(11)25-20/h1-7,13-19H. The number of epoxide rings is 5. The van der Waals surface area contributed by atoms with Gasteiger partial charge in [0, 0.05) is 0 Å². The minimum absolute atomic E-state index is 0.0341. The van der Waals surface area contributed by atoms with Crippen LogP contribution in [0.3, 0.4) is 0 Å². The monoisotopic (exact) mass is 358 g/mol. The molecule has 10 unspecified atom stereocenters. The molecule has 0 amide bonds. The van der Waals surface area contributed by atoms with E-state index < -0.39 is 0 Å². The normalized spacial score (nSPS) is 62.1. The molecule has 5 nitrogen and oxygen atoms in total. The molecule has 5 aliphatic heterocycles. The lowest BCUT2D eigenvalue weighted by Crippen LogP contribution is -2.48. The molecule has 1 aromatic carbocycles. The minimum atomic E-state index is -0.361. The Balaban J connectivity index is 1.23. The van der Waals surface area contributed by atoms with Crippen molar-refractivity contribution in [3.63, 3.8) is 0 Å². The summed E-state index contributed by atoms with van der Waals surface area (Å²) < 4.78 is 31.2. The van der Waals surface area contributed by atoms with Gasteiger partial charge in [-0.05, 0) is 40.0 Å². The lowest BCUT2D eigenvalue weighted by Gasteiger charge is -2.31. The number of hydrogen-bond donors (Lipinski definition) is 0. The fraction of sp³-hybridized carbons (Fsp3) is 0.455. The smallest absolute Gasteiger partial charge is 0.154 e. The van der Waals surface area contributed by atoms with Crippen LogP contribution in [0.1, 0.15) is 17.2 Å². The molecular weight excluding hydrogens is 344 g/mol. The van der Waals surface area contributed by atoms with Gasteiger partial charge in [-0.2, -0.15) is 0 Å². The van der Waals surface area contributed by atoms with Gasteiger partial charge in [0.15, 0.2) is 16.8 Å². The molecule has 10 atom stereocenters. The summed E-state index contributed by atoms with van der Waals surface area (Å²) >= 11 is 0. The summed E-state index contributed by atoms with van der Waals surface area (Å²) in [6.07, 6.45) is 7.85. The van der Waals surface area contributed by atoms with E-state index in [9.17, 15) is 0 Å². The van der Waals surface area contributed by atoms with E-state index in [0.29, 0.717) is 0 Å². The fourth-order valence-corrected chi connectivity index (χ4v) is 7.01. The molecule has 132 valence electrons. The Kier molecular flexibility index (Phi) is 1.49. The van der Waals surface area contributed by atoms with E-state index in [4.69, 9.17) is 23.7 Å². The van der Waals surface area contributed by atoms with Crippen molar-refractivity contribution in [1.82, 2.24) is 0 Å². The average molecular weight is 358 g/mol. The highest BCUT2D eigenvalue weighted by Gasteiger charge is 2.94. The van der Waals surface area contributed by atoms with Crippen LogP contribution < -0.4 is 0 Å². The number of rotatable bonds is 0. The molecule has 4 aliphatic carbocycles. The van der Waals surface area contributed by atoms with Gasteiger partial charge in [0.2, 0.25) is 0 Å². The van der Waals surface area contributed by atoms with E-state index >= 15 is 0 Å². The maximum absolute atomic E-state index is 6.51. The molecule has 5 saturated heterocycles. The molecule has 1 saturated carbocycles. The second kappa shape index (κ2) is 3.17. The van der Waals surface area contributed by atoms with Gasteiger partial charge in [-0.25, -0.2) is 0 Å². The molecule has 0 N–H and O–H groups in total. The van der Waals surface area contributed by atoms with Crippen LogP contribution in [0.5, 0.6) is 0 Å². The molecular formula is C22H14O5. The van der Waals surface area contributed by atoms with Crippen LogP contribution in [0.4, 0.5) is 0 Å². The Morgan fingerprint density at radius 3 is 2.59 bits per heavy atom. The molecule has 27 heavy (non-hydrogen) atoms. The van der Waals surface area contributed by atoms with E-state index in [0.717, 1.165) is 0 Å². The summed E-state index contributed by atoms with van der Waals surface area (Å²) in [6.45, 7) is 0. The first-order chi connectivity index (χ1) is 13.3. The number of hydrogen-bond acceptors (Lipinski definition) is 5. The third-order valence-electron chi connectivity index (χ3n) is 8.38. The second-order valence-electron chi connectivity index (χ2n) is 9.34.